The second-order valence-corrected chi connectivity index (χ2v) is 12.5. The molecule has 7 rings (SSSR count). The van der Waals surface area contributed by atoms with Gasteiger partial charge in [-0.15, -0.1) is 0 Å². The number of rotatable bonds is 11. The molecule has 0 radical (unpaired) electrons. The molecule has 15 heteroatoms. The molecule has 2 bridgehead atoms. The van der Waals surface area contributed by atoms with Gasteiger partial charge in [-0.1, -0.05) is 76.6 Å². The Balaban J connectivity index is 0.000000176. The van der Waals surface area contributed by atoms with Gasteiger partial charge in [-0.2, -0.15) is 0 Å². The number of nitrogens with zero attached hydrogens (tertiary/aromatic N) is 5. The summed E-state index contributed by atoms with van der Waals surface area (Å²) in [5.74, 6) is -0.377. The molecule has 51 heavy (non-hydrogen) atoms. The molecule has 1 N–H and O–H groups in total. The Morgan fingerprint density at radius 1 is 0.725 bits per heavy atom. The number of nitrogens with one attached hydrogen (secondary N) is 1. The van der Waals surface area contributed by atoms with Crippen LogP contribution in [0.2, 0.25) is 0 Å². The summed E-state index contributed by atoms with van der Waals surface area (Å²) in [5.41, 5.74) is 1.75. The van der Waals surface area contributed by atoms with E-state index in [0.29, 0.717) is 59.4 Å². The van der Waals surface area contributed by atoms with Crippen molar-refractivity contribution in [2.24, 2.45) is 0 Å². The van der Waals surface area contributed by atoms with Crippen molar-refractivity contribution in [2.45, 2.75) is 13.2 Å². The molecule has 14 nitrogen and oxygen atoms in total. The largest absolute Gasteiger partial charge is 0.482 e. The van der Waals surface area contributed by atoms with E-state index in [-0.39, 0.29) is 58.8 Å². The Kier molecular flexibility index (Phi) is 12.0. The molecule has 0 aliphatic carbocycles. The van der Waals surface area contributed by atoms with Crippen LogP contribution in [-0.4, -0.2) is 90.8 Å². The molecule has 0 saturated carbocycles. The number of carbonyl (C=O) groups excluding carboxylic acids is 2. The maximum atomic E-state index is 12.9. The number of hydrogen-bond donors (Lipinski definition) is 1. The summed E-state index contributed by atoms with van der Waals surface area (Å²) >= 11 is 3.31. The minimum Gasteiger partial charge on any atom is -0.482 e. The average molecular weight is 764 g/mol. The molecule has 1 saturated heterocycles. The lowest BCUT2D eigenvalue weighted by Gasteiger charge is -2.41. The van der Waals surface area contributed by atoms with Crippen molar-refractivity contribution in [1.29, 1.82) is 0 Å². The Morgan fingerprint density at radius 2 is 1.33 bits per heavy atom. The number of pyridine rings is 2. The molecule has 2 aromatic heterocycles. The maximum Gasteiger partial charge on any atom is 0.277 e. The van der Waals surface area contributed by atoms with Crippen molar-refractivity contribution in [3.05, 3.63) is 128 Å². The molecular weight excluding hydrogens is 724 g/mol. The van der Waals surface area contributed by atoms with Gasteiger partial charge in [0, 0.05) is 36.4 Å². The number of aromatic nitrogens is 2. The fourth-order valence-electron chi connectivity index (χ4n) is 5.74. The van der Waals surface area contributed by atoms with Gasteiger partial charge in [0.15, 0.2) is 22.9 Å². The maximum absolute atomic E-state index is 12.9. The van der Waals surface area contributed by atoms with Crippen LogP contribution in [0.25, 0.3) is 0 Å². The number of carbonyl (C=O) groups is 2. The summed E-state index contributed by atoms with van der Waals surface area (Å²) < 4.78 is 25.9. The van der Waals surface area contributed by atoms with Crippen molar-refractivity contribution < 1.29 is 28.5 Å². The summed E-state index contributed by atoms with van der Waals surface area (Å²) in [6.07, 6.45) is 3.22. The quantitative estimate of drug-likeness (QED) is 0.179. The zero-order chi connectivity index (χ0) is 35.6. The number of hydrogen-bond acceptors (Lipinski definition) is 10. The van der Waals surface area contributed by atoms with Crippen LogP contribution in [0.3, 0.4) is 0 Å². The van der Waals surface area contributed by atoms with Crippen LogP contribution in [0.5, 0.6) is 11.5 Å². The van der Waals surface area contributed by atoms with E-state index in [1.807, 2.05) is 70.7 Å². The van der Waals surface area contributed by atoms with Crippen LogP contribution < -0.4 is 35.7 Å². The SMILES string of the molecule is O=C1NCN(CCOCCBr)n2ccc(=O)c(OCc3ccccc3)c21.O=C1c2c(OCc3ccccc3)c(=O)ccn2N2CCOCCN1C2. The van der Waals surface area contributed by atoms with Gasteiger partial charge in [-0.05, 0) is 11.1 Å². The van der Waals surface area contributed by atoms with Crippen LogP contribution in [0.15, 0.2) is 94.8 Å². The van der Waals surface area contributed by atoms with Gasteiger partial charge < -0.3 is 29.2 Å². The number of fused-ring (bicyclic) bond motifs is 5. The van der Waals surface area contributed by atoms with Crippen LogP contribution in [-0.2, 0) is 22.7 Å². The average Bonchev–Trinajstić information content (AvgIpc) is 3.14. The standard InChI is InChI=1S/C18H20BrN3O4.C18H19N3O4/c19-7-10-25-11-9-21-13-20-18(24)16-17(15(23)6-8-22(16)21)26-12-14-4-2-1-3-5-14;22-15-6-7-21-16(17(15)25-12-14-4-2-1-3-5-14)18(23)19-8-10-24-11-9-20(21)13-19/h1-6,8H,7,9-13H2,(H,20,24);1-7H,8-13H2. The van der Waals surface area contributed by atoms with Crippen molar-refractivity contribution in [3.8, 4) is 11.5 Å². The third-order valence-electron chi connectivity index (χ3n) is 8.31. The van der Waals surface area contributed by atoms with Gasteiger partial charge in [0.05, 0.1) is 39.5 Å². The fraction of sp³-hybridized carbons (Fsp3) is 0.333. The highest BCUT2D eigenvalue weighted by atomic mass is 79.9. The monoisotopic (exact) mass is 762 g/mol. The lowest BCUT2D eigenvalue weighted by molar-refractivity contribution is 0.0472. The van der Waals surface area contributed by atoms with Crippen LogP contribution in [0.4, 0.5) is 0 Å². The van der Waals surface area contributed by atoms with Gasteiger partial charge in [0.2, 0.25) is 10.9 Å². The molecular formula is C36H39BrN6O8. The number of alkyl halides is 1. The van der Waals surface area contributed by atoms with E-state index in [0.717, 1.165) is 16.5 Å². The van der Waals surface area contributed by atoms with E-state index in [4.69, 9.17) is 18.9 Å². The first-order valence-electron chi connectivity index (χ1n) is 16.6. The van der Waals surface area contributed by atoms with Crippen molar-refractivity contribution in [3.63, 3.8) is 0 Å². The predicted molar refractivity (Wildman–Crippen MR) is 193 cm³/mol. The summed E-state index contributed by atoms with van der Waals surface area (Å²) in [5, 5.41) is 7.41. The molecule has 0 unspecified atom stereocenters. The van der Waals surface area contributed by atoms with Gasteiger partial charge >= 0.3 is 0 Å². The Labute approximate surface area is 302 Å². The summed E-state index contributed by atoms with van der Waals surface area (Å²) in [4.78, 5) is 51.6. The second-order valence-electron chi connectivity index (χ2n) is 11.7. The van der Waals surface area contributed by atoms with E-state index >= 15 is 0 Å². The first-order valence-corrected chi connectivity index (χ1v) is 17.7. The van der Waals surface area contributed by atoms with Gasteiger partial charge in [-0.25, -0.2) is 0 Å². The van der Waals surface area contributed by atoms with Crippen LogP contribution in [0.1, 0.15) is 32.1 Å². The zero-order valence-electron chi connectivity index (χ0n) is 27.9. The molecule has 268 valence electrons. The number of benzene rings is 2. The molecule has 2 amide bonds. The first-order chi connectivity index (χ1) is 24.9. The minimum atomic E-state index is -0.330. The molecule has 3 aliphatic rings. The predicted octanol–water partition coefficient (Wildman–Crippen LogP) is 2.29. The lowest BCUT2D eigenvalue weighted by atomic mass is 10.2. The van der Waals surface area contributed by atoms with E-state index in [9.17, 15) is 19.2 Å². The van der Waals surface area contributed by atoms with Crippen LogP contribution >= 0.6 is 15.9 Å². The topological polar surface area (TPSA) is 137 Å². The zero-order valence-corrected chi connectivity index (χ0v) is 29.5. The van der Waals surface area contributed by atoms with E-state index in [1.54, 1.807) is 26.6 Å². The smallest absolute Gasteiger partial charge is 0.277 e. The third-order valence-corrected chi connectivity index (χ3v) is 8.63. The summed E-state index contributed by atoms with van der Waals surface area (Å²) in [6.45, 7) is 5.18. The van der Waals surface area contributed by atoms with E-state index in [1.165, 1.54) is 12.1 Å². The highest BCUT2D eigenvalue weighted by molar-refractivity contribution is 9.09. The summed E-state index contributed by atoms with van der Waals surface area (Å²) in [6, 6.07) is 21.9. The van der Waals surface area contributed by atoms with E-state index < -0.39 is 0 Å². The third kappa shape index (κ3) is 8.61. The Hall–Kier alpha value is -5.12. The van der Waals surface area contributed by atoms with Crippen LogP contribution in [0, 0.1) is 0 Å². The molecule has 5 heterocycles. The van der Waals surface area contributed by atoms with Gasteiger partial charge in [0.25, 0.3) is 11.8 Å². The normalized spacial score (nSPS) is 15.0. The van der Waals surface area contributed by atoms with Gasteiger partial charge in [0.1, 0.15) is 26.6 Å². The number of ether oxygens (including phenoxy) is 4. The Morgan fingerprint density at radius 3 is 1.98 bits per heavy atom. The number of halogens is 1. The molecule has 0 spiro atoms. The molecule has 4 aromatic rings. The highest BCUT2D eigenvalue weighted by Gasteiger charge is 2.33. The second kappa shape index (κ2) is 17.2. The molecule has 1 fully saturated rings. The van der Waals surface area contributed by atoms with E-state index in [2.05, 4.69) is 21.2 Å². The van der Waals surface area contributed by atoms with Gasteiger partial charge in [-0.3, -0.25) is 38.5 Å². The molecule has 0 atom stereocenters. The van der Waals surface area contributed by atoms with Crippen molar-refractivity contribution >= 4 is 27.7 Å². The molecule has 2 aromatic carbocycles. The first kappa shape index (κ1) is 35.7. The van der Waals surface area contributed by atoms with Crippen molar-refractivity contribution in [2.75, 3.05) is 74.7 Å². The molecule has 3 aliphatic heterocycles. The Bertz CT molecular complexity index is 1920. The highest BCUT2D eigenvalue weighted by Crippen LogP contribution is 2.23. The van der Waals surface area contributed by atoms with Crippen molar-refractivity contribution in [1.82, 2.24) is 19.6 Å². The fourth-order valence-corrected chi connectivity index (χ4v) is 5.97. The summed E-state index contributed by atoms with van der Waals surface area (Å²) in [7, 11) is 0. The lowest BCUT2D eigenvalue weighted by Crippen LogP contribution is -2.57. The minimum absolute atomic E-state index is 0.0555. The number of amides is 2.